The number of nitrogens with zero attached hydrogens (tertiary/aromatic N) is 2. The highest BCUT2D eigenvalue weighted by molar-refractivity contribution is 6.09. The molecule has 1 amide bonds. The molecule has 2 N–H and O–H groups in total. The Bertz CT molecular complexity index is 990. The van der Waals surface area contributed by atoms with E-state index in [1.54, 1.807) is 54.7 Å². The van der Waals surface area contributed by atoms with Gasteiger partial charge in [-0.25, -0.2) is 4.99 Å². The van der Waals surface area contributed by atoms with Crippen LogP contribution < -0.4 is 10.6 Å². The molecule has 1 heterocycles. The van der Waals surface area contributed by atoms with Gasteiger partial charge in [-0.1, -0.05) is 30.3 Å². The van der Waals surface area contributed by atoms with Crippen LogP contribution in [0.3, 0.4) is 0 Å². The van der Waals surface area contributed by atoms with Gasteiger partial charge < -0.3 is 5.32 Å². The second kappa shape index (κ2) is 9.01. The van der Waals surface area contributed by atoms with E-state index in [0.717, 1.165) is 12.1 Å². The molecule has 5 nitrogen and oxygen atoms in total. The maximum absolute atomic E-state index is 13.0. The predicted molar refractivity (Wildman–Crippen MR) is 104 cm³/mol. The van der Waals surface area contributed by atoms with Gasteiger partial charge in [-0.3, -0.25) is 15.1 Å². The van der Waals surface area contributed by atoms with Crippen LogP contribution in [-0.2, 0) is 12.7 Å². The van der Waals surface area contributed by atoms with Gasteiger partial charge >= 0.3 is 6.18 Å². The summed E-state index contributed by atoms with van der Waals surface area (Å²) in [5.41, 5.74) is 0.377. The molecule has 0 unspecified atom stereocenters. The molecule has 0 bridgehead atoms. The fourth-order valence-corrected chi connectivity index (χ4v) is 2.44. The number of benzene rings is 2. The van der Waals surface area contributed by atoms with Gasteiger partial charge in [0.2, 0.25) is 5.96 Å². The largest absolute Gasteiger partial charge is 0.416 e. The number of guanidine groups is 1. The minimum atomic E-state index is -4.48. The Hall–Kier alpha value is -3.68. The molecule has 29 heavy (non-hydrogen) atoms. The van der Waals surface area contributed by atoms with Crippen molar-refractivity contribution >= 4 is 17.6 Å². The highest BCUT2D eigenvalue weighted by atomic mass is 19.4. The topological polar surface area (TPSA) is 66.4 Å². The minimum absolute atomic E-state index is 0.0174. The van der Waals surface area contributed by atoms with Crippen molar-refractivity contribution in [3.63, 3.8) is 0 Å². The van der Waals surface area contributed by atoms with Gasteiger partial charge in [0.15, 0.2) is 0 Å². The van der Waals surface area contributed by atoms with E-state index < -0.39 is 17.6 Å². The number of alkyl halides is 3. The van der Waals surface area contributed by atoms with Crippen LogP contribution in [-0.4, -0.2) is 16.9 Å². The first-order valence-corrected chi connectivity index (χ1v) is 8.67. The van der Waals surface area contributed by atoms with Crippen LogP contribution in [0.15, 0.2) is 84.0 Å². The lowest BCUT2D eigenvalue weighted by molar-refractivity contribution is -0.137. The van der Waals surface area contributed by atoms with Crippen molar-refractivity contribution in [1.82, 2.24) is 10.3 Å². The fourth-order valence-electron chi connectivity index (χ4n) is 2.44. The van der Waals surface area contributed by atoms with Crippen LogP contribution in [0, 0.1) is 0 Å². The SMILES string of the molecule is O=C(NC(=NCc1ccccn1)Nc1cccc(C(F)(F)F)c1)c1ccccc1. The van der Waals surface area contributed by atoms with Gasteiger partial charge in [0.05, 0.1) is 17.8 Å². The van der Waals surface area contributed by atoms with Crippen molar-refractivity contribution in [3.05, 3.63) is 95.8 Å². The Kier molecular flexibility index (Phi) is 6.23. The van der Waals surface area contributed by atoms with Crippen LogP contribution in [0.5, 0.6) is 0 Å². The fraction of sp³-hybridized carbons (Fsp3) is 0.0952. The predicted octanol–water partition coefficient (Wildman–Crippen LogP) is 4.50. The number of hydrogen-bond donors (Lipinski definition) is 2. The molecule has 0 aliphatic carbocycles. The smallest absolute Gasteiger partial charge is 0.326 e. The van der Waals surface area contributed by atoms with Crippen LogP contribution in [0.25, 0.3) is 0 Å². The number of amides is 1. The third-order valence-electron chi connectivity index (χ3n) is 3.85. The molecular formula is C21H17F3N4O. The number of carbonyl (C=O) groups excluding carboxylic acids is 1. The summed E-state index contributed by atoms with van der Waals surface area (Å²) in [6.45, 7) is 0.136. The van der Waals surface area contributed by atoms with Gasteiger partial charge in [0.25, 0.3) is 5.91 Å². The summed E-state index contributed by atoms with van der Waals surface area (Å²) in [5, 5.41) is 5.35. The Morgan fingerprint density at radius 2 is 1.72 bits per heavy atom. The zero-order valence-corrected chi connectivity index (χ0v) is 15.1. The van der Waals surface area contributed by atoms with Crippen molar-refractivity contribution in [2.45, 2.75) is 12.7 Å². The molecule has 8 heteroatoms. The monoisotopic (exact) mass is 398 g/mol. The second-order valence-corrected chi connectivity index (χ2v) is 6.01. The van der Waals surface area contributed by atoms with E-state index in [9.17, 15) is 18.0 Å². The summed E-state index contributed by atoms with van der Waals surface area (Å²) in [6, 6.07) is 18.4. The van der Waals surface area contributed by atoms with Gasteiger partial charge in [0, 0.05) is 17.4 Å². The first kappa shape index (κ1) is 20.1. The summed E-state index contributed by atoms with van der Waals surface area (Å²) in [7, 11) is 0. The molecule has 3 rings (SSSR count). The van der Waals surface area contributed by atoms with Crippen molar-refractivity contribution in [2.75, 3.05) is 5.32 Å². The van der Waals surface area contributed by atoms with Gasteiger partial charge in [-0.2, -0.15) is 13.2 Å². The van der Waals surface area contributed by atoms with Crippen LogP contribution in [0.4, 0.5) is 18.9 Å². The number of hydrogen-bond acceptors (Lipinski definition) is 3. The first-order valence-electron chi connectivity index (χ1n) is 8.67. The van der Waals surface area contributed by atoms with E-state index in [1.807, 2.05) is 0 Å². The number of rotatable bonds is 4. The lowest BCUT2D eigenvalue weighted by Gasteiger charge is -2.14. The summed E-state index contributed by atoms with van der Waals surface area (Å²) in [4.78, 5) is 20.9. The van der Waals surface area contributed by atoms with Crippen molar-refractivity contribution < 1.29 is 18.0 Å². The number of carbonyl (C=O) groups is 1. The average Bonchev–Trinajstić information content (AvgIpc) is 2.73. The van der Waals surface area contributed by atoms with Gasteiger partial charge in [-0.05, 0) is 42.5 Å². The number of halogens is 3. The van der Waals surface area contributed by atoms with E-state index in [-0.39, 0.29) is 18.2 Å². The van der Waals surface area contributed by atoms with Crippen LogP contribution in [0.2, 0.25) is 0 Å². The maximum Gasteiger partial charge on any atom is 0.416 e. The third kappa shape index (κ3) is 5.90. The van der Waals surface area contributed by atoms with E-state index in [0.29, 0.717) is 11.3 Å². The molecular weight excluding hydrogens is 381 g/mol. The summed E-state index contributed by atoms with van der Waals surface area (Å²) in [5.74, 6) is -0.423. The molecule has 0 saturated heterocycles. The molecule has 0 saturated carbocycles. The number of anilines is 1. The number of pyridine rings is 1. The van der Waals surface area contributed by atoms with Crippen LogP contribution >= 0.6 is 0 Å². The van der Waals surface area contributed by atoms with Crippen molar-refractivity contribution in [1.29, 1.82) is 0 Å². The highest BCUT2D eigenvalue weighted by Crippen LogP contribution is 2.30. The molecule has 0 radical (unpaired) electrons. The zero-order chi connectivity index (χ0) is 20.7. The molecule has 0 fully saturated rings. The number of nitrogens with one attached hydrogen (secondary N) is 2. The quantitative estimate of drug-likeness (QED) is 0.502. The zero-order valence-electron chi connectivity index (χ0n) is 15.1. The molecule has 0 aliphatic heterocycles. The molecule has 3 aromatic rings. The maximum atomic E-state index is 13.0. The van der Waals surface area contributed by atoms with Gasteiger partial charge in [-0.15, -0.1) is 0 Å². The highest BCUT2D eigenvalue weighted by Gasteiger charge is 2.30. The number of aliphatic imine (C=N–C) groups is 1. The molecule has 2 aromatic carbocycles. The van der Waals surface area contributed by atoms with E-state index in [2.05, 4.69) is 20.6 Å². The summed E-state index contributed by atoms with van der Waals surface area (Å²) >= 11 is 0. The molecule has 0 atom stereocenters. The lowest BCUT2D eigenvalue weighted by Crippen LogP contribution is -2.36. The first-order chi connectivity index (χ1) is 13.9. The number of aromatic nitrogens is 1. The Balaban J connectivity index is 1.83. The molecule has 1 aromatic heterocycles. The molecule has 148 valence electrons. The third-order valence-corrected chi connectivity index (χ3v) is 3.85. The van der Waals surface area contributed by atoms with Gasteiger partial charge in [0.1, 0.15) is 0 Å². The van der Waals surface area contributed by atoms with E-state index in [1.165, 1.54) is 12.1 Å². The average molecular weight is 398 g/mol. The minimum Gasteiger partial charge on any atom is -0.326 e. The standard InChI is InChI=1S/C21H17F3N4O/c22-21(23,24)16-9-6-11-17(13-16)27-20(26-14-18-10-4-5-12-25-18)28-19(29)15-7-2-1-3-8-15/h1-13H,14H2,(H2,26,27,28,29). The molecule has 0 spiro atoms. The normalized spacial score (nSPS) is 11.8. The van der Waals surface area contributed by atoms with Crippen LogP contribution in [0.1, 0.15) is 21.6 Å². The Morgan fingerprint density at radius 3 is 2.41 bits per heavy atom. The summed E-state index contributed by atoms with van der Waals surface area (Å²) < 4.78 is 38.9. The Morgan fingerprint density at radius 1 is 0.966 bits per heavy atom. The summed E-state index contributed by atoms with van der Waals surface area (Å²) in [6.07, 6.45) is -2.87. The lowest BCUT2D eigenvalue weighted by atomic mass is 10.2. The van der Waals surface area contributed by atoms with Crippen molar-refractivity contribution in [3.8, 4) is 0 Å². The van der Waals surface area contributed by atoms with E-state index >= 15 is 0 Å². The molecule has 0 aliphatic rings. The Labute approximate surface area is 165 Å². The van der Waals surface area contributed by atoms with Crippen molar-refractivity contribution in [2.24, 2.45) is 4.99 Å². The van der Waals surface area contributed by atoms with E-state index in [4.69, 9.17) is 0 Å². The second-order valence-electron chi connectivity index (χ2n) is 6.01.